The molecule has 6 nitrogen and oxygen atoms in total. The topological polar surface area (TPSA) is 80.3 Å². The minimum absolute atomic E-state index is 0.223. The van der Waals surface area contributed by atoms with E-state index >= 15 is 0 Å². The number of pyridine rings is 1. The van der Waals surface area contributed by atoms with Crippen molar-refractivity contribution < 1.29 is 18.7 Å². The summed E-state index contributed by atoms with van der Waals surface area (Å²) in [7, 11) is 1.26. The number of esters is 1. The summed E-state index contributed by atoms with van der Waals surface area (Å²) in [6, 6.07) is 12.1. The number of para-hydroxylation sites is 1. The number of rotatable bonds is 5. The first kappa shape index (κ1) is 19.3. The highest BCUT2D eigenvalue weighted by Crippen LogP contribution is 2.25. The number of halogens is 2. The zero-order valence-corrected chi connectivity index (χ0v) is 15.5. The lowest BCUT2D eigenvalue weighted by Gasteiger charge is -2.11. The van der Waals surface area contributed by atoms with Crippen molar-refractivity contribution in [2.75, 3.05) is 17.7 Å². The van der Waals surface area contributed by atoms with E-state index in [9.17, 15) is 14.0 Å². The highest BCUT2D eigenvalue weighted by atomic mass is 35.5. The molecule has 0 aliphatic heterocycles. The molecule has 2 aromatic carbocycles. The minimum atomic E-state index is -0.551. The average molecular weight is 400 g/mol. The smallest absolute Gasteiger partial charge is 0.337 e. The second kappa shape index (κ2) is 8.49. The van der Waals surface area contributed by atoms with Crippen LogP contribution in [0.3, 0.4) is 0 Å². The molecule has 0 radical (unpaired) electrons. The van der Waals surface area contributed by atoms with E-state index in [-0.39, 0.29) is 27.5 Å². The Labute approximate surface area is 165 Å². The Kier molecular flexibility index (Phi) is 5.86. The third-order valence-electron chi connectivity index (χ3n) is 3.79. The lowest BCUT2D eigenvalue weighted by atomic mass is 10.2. The Morgan fingerprint density at radius 2 is 1.82 bits per heavy atom. The molecule has 142 valence electrons. The number of carbonyl (C=O) groups is 2. The molecule has 0 saturated carbocycles. The lowest BCUT2D eigenvalue weighted by molar-refractivity contribution is 0.0600. The summed E-state index contributed by atoms with van der Waals surface area (Å²) >= 11 is 6.10. The third kappa shape index (κ3) is 4.44. The van der Waals surface area contributed by atoms with Gasteiger partial charge in [-0.2, -0.15) is 0 Å². The third-order valence-corrected chi connectivity index (χ3v) is 4.12. The van der Waals surface area contributed by atoms with E-state index in [0.717, 1.165) is 0 Å². The largest absolute Gasteiger partial charge is 0.465 e. The molecule has 1 heterocycles. The van der Waals surface area contributed by atoms with Crippen LogP contribution >= 0.6 is 11.6 Å². The summed E-state index contributed by atoms with van der Waals surface area (Å²) in [5.41, 5.74) is 1.42. The van der Waals surface area contributed by atoms with Crippen LogP contribution in [0, 0.1) is 5.82 Å². The van der Waals surface area contributed by atoms with Crippen molar-refractivity contribution in [1.82, 2.24) is 4.98 Å². The maximum Gasteiger partial charge on any atom is 0.337 e. The predicted octanol–water partition coefficient (Wildman–Crippen LogP) is 4.66. The zero-order chi connectivity index (χ0) is 20.1. The number of ether oxygens (including phenoxy) is 1. The van der Waals surface area contributed by atoms with Gasteiger partial charge < -0.3 is 15.4 Å². The van der Waals surface area contributed by atoms with Crippen molar-refractivity contribution in [2.24, 2.45) is 0 Å². The molecule has 0 unspecified atom stereocenters. The first-order valence-electron chi connectivity index (χ1n) is 8.14. The fourth-order valence-corrected chi connectivity index (χ4v) is 2.58. The summed E-state index contributed by atoms with van der Waals surface area (Å²) in [4.78, 5) is 28.2. The molecule has 0 spiro atoms. The van der Waals surface area contributed by atoms with Crippen molar-refractivity contribution in [3.8, 4) is 0 Å². The van der Waals surface area contributed by atoms with Gasteiger partial charge in [0.05, 0.1) is 46.5 Å². The molecule has 0 fully saturated rings. The SMILES string of the molecule is COC(=O)c1ccc(Cl)c(NC(=O)c2cncc(Nc3ccccc3F)c2)c1. The lowest BCUT2D eigenvalue weighted by Crippen LogP contribution is -2.13. The van der Waals surface area contributed by atoms with E-state index in [1.165, 1.54) is 49.8 Å². The number of anilines is 3. The van der Waals surface area contributed by atoms with Gasteiger partial charge in [-0.05, 0) is 36.4 Å². The minimum Gasteiger partial charge on any atom is -0.465 e. The molecule has 28 heavy (non-hydrogen) atoms. The molecule has 1 amide bonds. The first-order valence-corrected chi connectivity index (χ1v) is 8.51. The van der Waals surface area contributed by atoms with E-state index in [0.29, 0.717) is 5.69 Å². The summed E-state index contributed by atoms with van der Waals surface area (Å²) in [5, 5.41) is 5.76. The zero-order valence-electron chi connectivity index (χ0n) is 14.7. The van der Waals surface area contributed by atoms with Crippen LogP contribution in [0.25, 0.3) is 0 Å². The van der Waals surface area contributed by atoms with Gasteiger partial charge in [0.2, 0.25) is 0 Å². The second-order valence-electron chi connectivity index (χ2n) is 5.71. The van der Waals surface area contributed by atoms with Crippen LogP contribution < -0.4 is 10.6 Å². The number of hydrogen-bond acceptors (Lipinski definition) is 5. The van der Waals surface area contributed by atoms with Crippen LogP contribution in [-0.2, 0) is 4.74 Å². The fraction of sp³-hybridized carbons (Fsp3) is 0.0500. The number of amides is 1. The van der Waals surface area contributed by atoms with Gasteiger partial charge in [0.1, 0.15) is 5.82 Å². The van der Waals surface area contributed by atoms with Crippen molar-refractivity contribution in [3.05, 3.63) is 82.9 Å². The van der Waals surface area contributed by atoms with Crippen LogP contribution in [-0.4, -0.2) is 24.0 Å². The Balaban J connectivity index is 1.80. The van der Waals surface area contributed by atoms with Crippen LogP contribution in [0.2, 0.25) is 5.02 Å². The van der Waals surface area contributed by atoms with E-state index in [1.54, 1.807) is 18.2 Å². The number of carbonyl (C=O) groups excluding carboxylic acids is 2. The van der Waals surface area contributed by atoms with Crippen molar-refractivity contribution in [2.45, 2.75) is 0 Å². The molecule has 8 heteroatoms. The predicted molar refractivity (Wildman–Crippen MR) is 105 cm³/mol. The van der Waals surface area contributed by atoms with E-state index in [2.05, 4.69) is 20.4 Å². The number of nitrogens with zero attached hydrogens (tertiary/aromatic N) is 1. The van der Waals surface area contributed by atoms with Gasteiger partial charge in [-0.25, -0.2) is 9.18 Å². The maximum atomic E-state index is 13.8. The molecule has 0 bridgehead atoms. The van der Waals surface area contributed by atoms with Gasteiger partial charge >= 0.3 is 5.97 Å². The van der Waals surface area contributed by atoms with Crippen LogP contribution in [0.1, 0.15) is 20.7 Å². The number of aromatic nitrogens is 1. The Hall–Kier alpha value is -3.45. The van der Waals surface area contributed by atoms with Gasteiger partial charge in [-0.1, -0.05) is 23.7 Å². The van der Waals surface area contributed by atoms with Crippen molar-refractivity contribution >= 4 is 40.5 Å². The second-order valence-corrected chi connectivity index (χ2v) is 6.11. The number of benzene rings is 2. The Bertz CT molecular complexity index is 1040. The molecule has 3 rings (SSSR count). The molecule has 1 aromatic heterocycles. The van der Waals surface area contributed by atoms with Gasteiger partial charge in [-0.3, -0.25) is 9.78 Å². The molecule has 0 aliphatic carbocycles. The van der Waals surface area contributed by atoms with Gasteiger partial charge in [0, 0.05) is 6.20 Å². The average Bonchev–Trinajstić information content (AvgIpc) is 2.71. The summed E-state index contributed by atoms with van der Waals surface area (Å²) in [5.74, 6) is -1.47. The van der Waals surface area contributed by atoms with Crippen molar-refractivity contribution in [3.63, 3.8) is 0 Å². The van der Waals surface area contributed by atoms with Crippen LogP contribution in [0.15, 0.2) is 60.9 Å². The number of nitrogens with one attached hydrogen (secondary N) is 2. The highest BCUT2D eigenvalue weighted by Gasteiger charge is 2.13. The summed E-state index contributed by atoms with van der Waals surface area (Å²) in [6.07, 6.45) is 2.83. The van der Waals surface area contributed by atoms with Crippen LogP contribution in [0.5, 0.6) is 0 Å². The summed E-state index contributed by atoms with van der Waals surface area (Å²) < 4.78 is 18.4. The van der Waals surface area contributed by atoms with Gasteiger partial charge in [0.25, 0.3) is 5.91 Å². The highest BCUT2D eigenvalue weighted by molar-refractivity contribution is 6.34. The molecule has 0 saturated heterocycles. The maximum absolute atomic E-state index is 13.8. The normalized spacial score (nSPS) is 10.2. The Morgan fingerprint density at radius 3 is 2.57 bits per heavy atom. The molecular weight excluding hydrogens is 385 g/mol. The van der Waals surface area contributed by atoms with Crippen molar-refractivity contribution in [1.29, 1.82) is 0 Å². The Morgan fingerprint density at radius 1 is 1.04 bits per heavy atom. The number of hydrogen-bond donors (Lipinski definition) is 2. The molecular formula is C20H15ClFN3O3. The van der Waals surface area contributed by atoms with Gasteiger partial charge in [-0.15, -0.1) is 0 Å². The van der Waals surface area contributed by atoms with E-state index < -0.39 is 17.7 Å². The molecule has 0 atom stereocenters. The fourth-order valence-electron chi connectivity index (χ4n) is 2.41. The van der Waals surface area contributed by atoms with Gasteiger partial charge in [0.15, 0.2) is 0 Å². The summed E-state index contributed by atoms with van der Waals surface area (Å²) in [6.45, 7) is 0. The standard InChI is InChI=1S/C20H15ClFN3O3/c1-28-20(27)12-6-7-15(21)18(9-12)25-19(26)13-8-14(11-23-10-13)24-17-5-3-2-4-16(17)22/h2-11,24H,1H3,(H,25,26). The molecule has 2 N–H and O–H groups in total. The monoisotopic (exact) mass is 399 g/mol. The number of methoxy groups -OCH3 is 1. The molecule has 0 aliphatic rings. The van der Waals surface area contributed by atoms with Crippen LogP contribution in [0.4, 0.5) is 21.5 Å². The first-order chi connectivity index (χ1) is 13.5. The van der Waals surface area contributed by atoms with E-state index in [4.69, 9.17) is 11.6 Å². The quantitative estimate of drug-likeness (QED) is 0.610. The van der Waals surface area contributed by atoms with E-state index in [1.807, 2.05) is 0 Å². The molecule has 3 aromatic rings.